The van der Waals surface area contributed by atoms with Crippen LogP contribution >= 0.6 is 0 Å². The third kappa shape index (κ3) is 5.86. The van der Waals surface area contributed by atoms with Crippen LogP contribution in [0.5, 0.6) is 5.75 Å². The monoisotopic (exact) mass is 377 g/mol. The second-order valence-electron chi connectivity index (χ2n) is 5.79. The summed E-state index contributed by atoms with van der Waals surface area (Å²) in [5, 5.41) is 17.6. The highest BCUT2D eigenvalue weighted by Crippen LogP contribution is 2.15. The Labute approximate surface area is 163 Å². The van der Waals surface area contributed by atoms with E-state index in [2.05, 4.69) is 0 Å². The molecule has 0 aliphatic rings. The summed E-state index contributed by atoms with van der Waals surface area (Å²) >= 11 is 0. The zero-order valence-corrected chi connectivity index (χ0v) is 15.4. The molecular weight excluding hydrogens is 358 g/mol. The first-order chi connectivity index (χ1) is 13.5. The molecule has 142 valence electrons. The number of ether oxygens (including phenoxy) is 2. The third-order valence-corrected chi connectivity index (χ3v) is 3.78. The normalized spacial score (nSPS) is 10.8. The van der Waals surface area contributed by atoms with Gasteiger partial charge in [0.1, 0.15) is 5.75 Å². The molecular formula is C21H19N3O4. The van der Waals surface area contributed by atoms with Crippen LogP contribution in [0.1, 0.15) is 18.9 Å². The first-order valence-electron chi connectivity index (χ1n) is 8.61. The summed E-state index contributed by atoms with van der Waals surface area (Å²) in [6, 6.07) is 19.2. The van der Waals surface area contributed by atoms with E-state index in [-0.39, 0.29) is 13.0 Å². The van der Waals surface area contributed by atoms with E-state index >= 15 is 0 Å². The van der Waals surface area contributed by atoms with Crippen LogP contribution in [0.3, 0.4) is 0 Å². The van der Waals surface area contributed by atoms with Crippen molar-refractivity contribution < 1.29 is 19.1 Å². The van der Waals surface area contributed by atoms with E-state index in [9.17, 15) is 9.59 Å². The Kier molecular flexibility index (Phi) is 7.56. The molecule has 0 fully saturated rings. The lowest BCUT2D eigenvalue weighted by Crippen LogP contribution is -2.37. The highest BCUT2D eigenvalue weighted by atomic mass is 16.6. The first-order valence-corrected chi connectivity index (χ1v) is 8.61. The molecule has 7 heteroatoms. The van der Waals surface area contributed by atoms with Crippen LogP contribution in [-0.2, 0) is 14.3 Å². The van der Waals surface area contributed by atoms with Gasteiger partial charge in [0.15, 0.2) is 12.7 Å². The maximum absolute atomic E-state index is 12.5. The molecule has 7 nitrogen and oxygen atoms in total. The topological polar surface area (TPSA) is 103 Å². The summed E-state index contributed by atoms with van der Waals surface area (Å²) in [6.45, 7) is 1.25. The van der Waals surface area contributed by atoms with E-state index in [1.54, 1.807) is 48.5 Å². The second-order valence-corrected chi connectivity index (χ2v) is 5.79. The summed E-state index contributed by atoms with van der Waals surface area (Å²) in [4.78, 5) is 26.0. The Morgan fingerprint density at radius 2 is 1.75 bits per heavy atom. The van der Waals surface area contributed by atoms with Crippen molar-refractivity contribution in [1.82, 2.24) is 0 Å². The maximum atomic E-state index is 12.5. The van der Waals surface area contributed by atoms with Crippen molar-refractivity contribution in [3.8, 4) is 17.9 Å². The fourth-order valence-electron chi connectivity index (χ4n) is 2.36. The summed E-state index contributed by atoms with van der Waals surface area (Å²) in [7, 11) is 0. The highest BCUT2D eigenvalue weighted by molar-refractivity contribution is 5.95. The van der Waals surface area contributed by atoms with E-state index in [0.717, 1.165) is 0 Å². The van der Waals surface area contributed by atoms with E-state index < -0.39 is 24.6 Å². The SMILES string of the molecule is C[C@@H](Oc1ccc(C#N)cc1)C(=O)OCC(=O)N(CCC#N)c1ccccc1. The number of rotatable bonds is 8. The molecule has 0 saturated heterocycles. The summed E-state index contributed by atoms with van der Waals surface area (Å²) in [5.41, 5.74) is 1.10. The molecule has 2 aromatic carbocycles. The lowest BCUT2D eigenvalue weighted by Gasteiger charge is -2.22. The Hall–Kier alpha value is -3.84. The number of nitrogens with zero attached hydrogens (tertiary/aromatic N) is 3. The van der Waals surface area contributed by atoms with Crippen molar-refractivity contribution in [2.45, 2.75) is 19.4 Å². The van der Waals surface area contributed by atoms with Gasteiger partial charge in [-0.3, -0.25) is 4.79 Å². The molecule has 0 aliphatic carbocycles. The number of benzene rings is 2. The molecule has 0 N–H and O–H groups in total. The maximum Gasteiger partial charge on any atom is 0.347 e. The predicted octanol–water partition coefficient (Wildman–Crippen LogP) is 2.82. The molecule has 0 saturated carbocycles. The molecule has 0 unspecified atom stereocenters. The highest BCUT2D eigenvalue weighted by Gasteiger charge is 2.21. The molecule has 0 aliphatic heterocycles. The van der Waals surface area contributed by atoms with E-state index in [1.807, 2.05) is 18.2 Å². The molecule has 1 atom stereocenters. The van der Waals surface area contributed by atoms with Gasteiger partial charge in [0.05, 0.1) is 24.1 Å². The van der Waals surface area contributed by atoms with Crippen LogP contribution in [0.2, 0.25) is 0 Å². The third-order valence-electron chi connectivity index (χ3n) is 3.78. The van der Waals surface area contributed by atoms with E-state index in [0.29, 0.717) is 17.0 Å². The largest absolute Gasteiger partial charge is 0.479 e. The minimum Gasteiger partial charge on any atom is -0.479 e. The Balaban J connectivity index is 1.92. The predicted molar refractivity (Wildman–Crippen MR) is 101 cm³/mol. The molecule has 0 bridgehead atoms. The van der Waals surface area contributed by atoms with Crippen LogP contribution < -0.4 is 9.64 Å². The van der Waals surface area contributed by atoms with Gasteiger partial charge >= 0.3 is 5.97 Å². The molecule has 2 rings (SSSR count). The molecule has 28 heavy (non-hydrogen) atoms. The average Bonchev–Trinajstić information content (AvgIpc) is 2.73. The average molecular weight is 377 g/mol. The number of esters is 1. The fourth-order valence-corrected chi connectivity index (χ4v) is 2.36. The Bertz CT molecular complexity index is 883. The lowest BCUT2D eigenvalue weighted by atomic mass is 10.2. The molecule has 0 radical (unpaired) electrons. The lowest BCUT2D eigenvalue weighted by molar-refractivity contribution is -0.154. The number of anilines is 1. The van der Waals surface area contributed by atoms with Gasteiger partial charge in [0.2, 0.25) is 0 Å². The van der Waals surface area contributed by atoms with Gasteiger partial charge in [0.25, 0.3) is 5.91 Å². The number of para-hydroxylation sites is 1. The number of amides is 1. The van der Waals surface area contributed by atoms with Crippen molar-refractivity contribution in [2.75, 3.05) is 18.1 Å². The van der Waals surface area contributed by atoms with Gasteiger partial charge in [-0.2, -0.15) is 10.5 Å². The zero-order chi connectivity index (χ0) is 20.4. The van der Waals surface area contributed by atoms with Crippen LogP contribution in [0.15, 0.2) is 54.6 Å². The number of nitriles is 2. The number of hydrogen-bond acceptors (Lipinski definition) is 6. The van der Waals surface area contributed by atoms with Crippen LogP contribution in [-0.4, -0.2) is 31.1 Å². The van der Waals surface area contributed by atoms with Crippen LogP contribution in [0.25, 0.3) is 0 Å². The molecule has 2 aromatic rings. The summed E-state index contributed by atoms with van der Waals surface area (Å²) < 4.78 is 10.5. The summed E-state index contributed by atoms with van der Waals surface area (Å²) in [6.07, 6.45) is -0.766. The van der Waals surface area contributed by atoms with E-state index in [1.165, 1.54) is 11.8 Å². The fraction of sp³-hybridized carbons (Fsp3) is 0.238. The van der Waals surface area contributed by atoms with Gasteiger partial charge in [-0.15, -0.1) is 0 Å². The van der Waals surface area contributed by atoms with Gasteiger partial charge in [-0.05, 0) is 43.3 Å². The van der Waals surface area contributed by atoms with Gasteiger partial charge < -0.3 is 14.4 Å². The van der Waals surface area contributed by atoms with Crippen molar-refractivity contribution in [2.24, 2.45) is 0 Å². The molecule has 1 amide bonds. The number of carbonyl (C=O) groups excluding carboxylic acids is 2. The Morgan fingerprint density at radius 1 is 1.07 bits per heavy atom. The minimum absolute atomic E-state index is 0.160. The zero-order valence-electron chi connectivity index (χ0n) is 15.4. The van der Waals surface area contributed by atoms with Crippen LogP contribution in [0, 0.1) is 22.7 Å². The first kappa shape index (κ1) is 20.5. The van der Waals surface area contributed by atoms with Crippen molar-refractivity contribution >= 4 is 17.6 Å². The summed E-state index contributed by atoms with van der Waals surface area (Å²) in [5.74, 6) is -0.707. The van der Waals surface area contributed by atoms with Crippen molar-refractivity contribution in [1.29, 1.82) is 10.5 Å². The quantitative estimate of drug-likeness (QED) is 0.655. The molecule has 0 aromatic heterocycles. The van der Waals surface area contributed by atoms with E-state index in [4.69, 9.17) is 20.0 Å². The smallest absolute Gasteiger partial charge is 0.347 e. The minimum atomic E-state index is -0.926. The van der Waals surface area contributed by atoms with Crippen molar-refractivity contribution in [3.05, 3.63) is 60.2 Å². The Morgan fingerprint density at radius 3 is 2.36 bits per heavy atom. The van der Waals surface area contributed by atoms with Gasteiger partial charge in [0, 0.05) is 12.2 Å². The number of hydrogen-bond donors (Lipinski definition) is 0. The number of carbonyl (C=O) groups is 2. The van der Waals surface area contributed by atoms with Crippen LogP contribution in [0.4, 0.5) is 5.69 Å². The second kappa shape index (κ2) is 10.3. The van der Waals surface area contributed by atoms with Gasteiger partial charge in [-0.25, -0.2) is 4.79 Å². The molecule has 0 heterocycles. The van der Waals surface area contributed by atoms with Gasteiger partial charge in [-0.1, -0.05) is 18.2 Å². The van der Waals surface area contributed by atoms with Crippen molar-refractivity contribution in [3.63, 3.8) is 0 Å². The molecule has 0 spiro atoms. The standard InChI is InChI=1S/C21H19N3O4/c1-16(28-19-10-8-17(14-23)9-11-19)21(26)27-15-20(25)24(13-5-12-22)18-6-3-2-4-7-18/h2-4,6-11,16H,5,13,15H2,1H3/t16-/m1/s1.